The molecule has 0 saturated heterocycles. The molecule has 2 aromatic rings. The number of amides is 1. The smallest absolute Gasteiger partial charge is 0.258 e. The van der Waals surface area contributed by atoms with Gasteiger partial charge in [0.05, 0.1) is 20.1 Å². The lowest BCUT2D eigenvalue weighted by Gasteiger charge is -2.70. The average molecular weight is 490 g/mol. The molecule has 3 saturated carbocycles. The summed E-state index contributed by atoms with van der Waals surface area (Å²) in [7, 11) is 0. The largest absolute Gasteiger partial charge is 0.492 e. The molecule has 9 heteroatoms. The Kier molecular flexibility index (Phi) is 6.29. The number of ether oxygens (including phenoxy) is 2. The van der Waals surface area contributed by atoms with E-state index in [2.05, 4.69) is 10.6 Å². The Bertz CT molecular complexity index is 949. The number of hydrogen-bond donors (Lipinski definition) is 2. The molecule has 2 aromatic carbocycles. The molecule has 2 bridgehead atoms. The zero-order valence-electron chi connectivity index (χ0n) is 15.9. The molecule has 5 nitrogen and oxygen atoms in total. The molecule has 0 spiro atoms. The van der Waals surface area contributed by atoms with Crippen LogP contribution in [-0.4, -0.2) is 36.7 Å². The molecule has 160 valence electrons. The van der Waals surface area contributed by atoms with Crippen molar-refractivity contribution >= 4 is 52.3 Å². The van der Waals surface area contributed by atoms with Gasteiger partial charge in [-0.1, -0.05) is 46.4 Å². The summed E-state index contributed by atoms with van der Waals surface area (Å²) in [5.74, 6) is 1.06. The SMILES string of the molecule is O=C(COc1ccc(Cl)c(Cl)c1)NC12CC(NCCOc3ccc(Cl)c(Cl)c3)(C1)C2. The minimum Gasteiger partial charge on any atom is -0.492 e. The summed E-state index contributed by atoms with van der Waals surface area (Å²) in [6.07, 6.45) is 2.72. The third-order valence-corrected chi connectivity index (χ3v) is 6.94. The van der Waals surface area contributed by atoms with E-state index in [1.54, 1.807) is 36.4 Å². The minimum atomic E-state index is -0.141. The van der Waals surface area contributed by atoms with Gasteiger partial charge in [0.25, 0.3) is 5.91 Å². The van der Waals surface area contributed by atoms with Gasteiger partial charge in [0.1, 0.15) is 18.1 Å². The topological polar surface area (TPSA) is 59.6 Å². The van der Waals surface area contributed by atoms with Crippen molar-refractivity contribution in [1.82, 2.24) is 10.6 Å². The van der Waals surface area contributed by atoms with Crippen LogP contribution in [0.1, 0.15) is 19.3 Å². The highest BCUT2D eigenvalue weighted by Gasteiger charge is 2.68. The Labute approximate surface area is 194 Å². The minimum absolute atomic E-state index is 0.0579. The van der Waals surface area contributed by atoms with Gasteiger partial charge in [-0.05, 0) is 43.5 Å². The van der Waals surface area contributed by atoms with Crippen LogP contribution in [0.2, 0.25) is 20.1 Å². The van der Waals surface area contributed by atoms with Gasteiger partial charge in [0.2, 0.25) is 0 Å². The molecule has 0 unspecified atom stereocenters. The van der Waals surface area contributed by atoms with Crippen LogP contribution in [0.4, 0.5) is 0 Å². The number of benzene rings is 2. The molecule has 0 radical (unpaired) electrons. The summed E-state index contributed by atoms with van der Waals surface area (Å²) in [6.45, 7) is 1.18. The van der Waals surface area contributed by atoms with E-state index in [0.29, 0.717) is 44.7 Å². The van der Waals surface area contributed by atoms with E-state index in [4.69, 9.17) is 55.9 Å². The van der Waals surface area contributed by atoms with Gasteiger partial charge in [-0.15, -0.1) is 0 Å². The highest BCUT2D eigenvalue weighted by molar-refractivity contribution is 6.42. The van der Waals surface area contributed by atoms with Gasteiger partial charge < -0.3 is 20.1 Å². The first-order valence-corrected chi connectivity index (χ1v) is 11.0. The first-order chi connectivity index (χ1) is 14.3. The second-order valence-electron chi connectivity index (χ2n) is 7.85. The normalized spacial score (nSPS) is 23.9. The van der Waals surface area contributed by atoms with Crippen molar-refractivity contribution in [2.45, 2.75) is 30.3 Å². The van der Waals surface area contributed by atoms with E-state index in [0.717, 1.165) is 19.3 Å². The van der Waals surface area contributed by atoms with E-state index in [-0.39, 0.29) is 23.6 Å². The third kappa shape index (κ3) is 4.76. The zero-order chi connectivity index (χ0) is 21.4. The van der Waals surface area contributed by atoms with Crippen molar-refractivity contribution in [2.24, 2.45) is 0 Å². The van der Waals surface area contributed by atoms with Crippen molar-refractivity contribution in [3.8, 4) is 11.5 Å². The van der Waals surface area contributed by atoms with Gasteiger partial charge in [-0.3, -0.25) is 4.79 Å². The number of carbonyl (C=O) groups excluding carboxylic acids is 1. The Morgan fingerprint density at radius 3 is 1.97 bits per heavy atom. The van der Waals surface area contributed by atoms with E-state index in [1.165, 1.54) is 0 Å². The lowest BCUT2D eigenvalue weighted by atomic mass is 9.44. The Balaban J connectivity index is 1.13. The second-order valence-corrected chi connectivity index (χ2v) is 9.48. The van der Waals surface area contributed by atoms with Crippen LogP contribution in [0.15, 0.2) is 36.4 Å². The van der Waals surface area contributed by atoms with Crippen LogP contribution in [0, 0.1) is 0 Å². The Hall–Kier alpha value is -1.37. The first-order valence-electron chi connectivity index (χ1n) is 9.50. The standard InChI is InChI=1S/C21H20Cl4N2O3/c22-15-3-1-13(7-17(15)24)29-6-5-26-20-10-21(11-20,12-20)27-19(28)9-30-14-2-4-16(23)18(25)8-14/h1-4,7-8,26H,5-6,9-12H2,(H,27,28). The maximum Gasteiger partial charge on any atom is 0.258 e. The fourth-order valence-electron chi connectivity index (χ4n) is 4.21. The van der Waals surface area contributed by atoms with Crippen molar-refractivity contribution in [3.63, 3.8) is 0 Å². The second kappa shape index (κ2) is 8.64. The summed E-state index contributed by atoms with van der Waals surface area (Å²) in [5.41, 5.74) is -0.0194. The van der Waals surface area contributed by atoms with Crippen molar-refractivity contribution in [3.05, 3.63) is 56.5 Å². The monoisotopic (exact) mass is 488 g/mol. The molecule has 2 N–H and O–H groups in total. The van der Waals surface area contributed by atoms with Crippen LogP contribution < -0.4 is 20.1 Å². The summed E-state index contributed by atoms with van der Waals surface area (Å²) in [6, 6.07) is 10.1. The van der Waals surface area contributed by atoms with Crippen molar-refractivity contribution in [1.29, 1.82) is 0 Å². The summed E-state index contributed by atoms with van der Waals surface area (Å²) >= 11 is 23.7. The Morgan fingerprint density at radius 1 is 0.833 bits per heavy atom. The quantitative estimate of drug-likeness (QED) is 0.479. The lowest BCUT2D eigenvalue weighted by Crippen LogP contribution is -2.83. The van der Waals surface area contributed by atoms with Gasteiger partial charge >= 0.3 is 0 Å². The van der Waals surface area contributed by atoms with Crippen LogP contribution in [-0.2, 0) is 4.79 Å². The van der Waals surface area contributed by atoms with Crippen molar-refractivity contribution in [2.75, 3.05) is 19.8 Å². The average Bonchev–Trinajstić information content (AvgIpc) is 2.65. The Morgan fingerprint density at radius 2 is 1.40 bits per heavy atom. The van der Waals surface area contributed by atoms with Crippen LogP contribution in [0.25, 0.3) is 0 Å². The molecule has 3 fully saturated rings. The van der Waals surface area contributed by atoms with Crippen LogP contribution in [0.3, 0.4) is 0 Å². The fourth-order valence-corrected chi connectivity index (χ4v) is 4.78. The number of hydrogen-bond acceptors (Lipinski definition) is 4. The molecule has 0 atom stereocenters. The lowest BCUT2D eigenvalue weighted by molar-refractivity contribution is -0.143. The summed E-state index contributed by atoms with van der Waals surface area (Å²) < 4.78 is 11.2. The maximum atomic E-state index is 12.2. The van der Waals surface area contributed by atoms with E-state index in [1.807, 2.05) is 0 Å². The number of halogens is 4. The molecule has 0 heterocycles. The van der Waals surface area contributed by atoms with Gasteiger partial charge in [-0.2, -0.15) is 0 Å². The first kappa shape index (κ1) is 21.8. The van der Waals surface area contributed by atoms with Gasteiger partial charge in [0, 0.05) is 29.8 Å². The maximum absolute atomic E-state index is 12.2. The molecule has 0 aliphatic heterocycles. The number of rotatable bonds is 9. The predicted octanol–water partition coefficient (Wildman–Crippen LogP) is 5.14. The molecule has 1 amide bonds. The summed E-state index contributed by atoms with van der Waals surface area (Å²) in [4.78, 5) is 12.2. The van der Waals surface area contributed by atoms with Crippen LogP contribution in [0.5, 0.6) is 11.5 Å². The van der Waals surface area contributed by atoms with Crippen LogP contribution >= 0.6 is 46.4 Å². The highest BCUT2D eigenvalue weighted by atomic mass is 35.5. The molecular formula is C21H20Cl4N2O3. The van der Waals surface area contributed by atoms with Crippen molar-refractivity contribution < 1.29 is 14.3 Å². The van der Waals surface area contributed by atoms with Gasteiger partial charge in [-0.25, -0.2) is 0 Å². The number of carbonyl (C=O) groups is 1. The molecule has 0 aromatic heterocycles. The molecule has 30 heavy (non-hydrogen) atoms. The zero-order valence-corrected chi connectivity index (χ0v) is 19.0. The third-order valence-electron chi connectivity index (χ3n) is 5.46. The molecule has 3 aliphatic rings. The predicted molar refractivity (Wildman–Crippen MR) is 119 cm³/mol. The molecule has 3 aliphatic carbocycles. The van der Waals surface area contributed by atoms with Gasteiger partial charge in [0.15, 0.2) is 6.61 Å². The van der Waals surface area contributed by atoms with E-state index < -0.39 is 0 Å². The summed E-state index contributed by atoms with van der Waals surface area (Å²) in [5, 5.41) is 8.44. The number of nitrogens with one attached hydrogen (secondary N) is 2. The van der Waals surface area contributed by atoms with E-state index >= 15 is 0 Å². The highest BCUT2D eigenvalue weighted by Crippen LogP contribution is 2.60. The fraction of sp³-hybridized carbons (Fsp3) is 0.381. The van der Waals surface area contributed by atoms with E-state index in [9.17, 15) is 4.79 Å². The molecular weight excluding hydrogens is 470 g/mol. The molecule has 5 rings (SSSR count).